The van der Waals surface area contributed by atoms with Gasteiger partial charge >= 0.3 is 0 Å². The molecule has 8 rings (SSSR count). The number of unbranched alkanes of at least 4 members (excludes halogenated alkanes) is 48. The number of halogens is 2. The quantitative estimate of drug-likeness (QED) is 0.0357. The number of hydrogen-bond acceptors (Lipinski definition) is 9. The SMILES string of the molecule is CCCCCCCCCCCCCCCC1(CCCCCCCCCCCCCCC)Oc2ccsc2-c2sc(-c3c(F)c(F)c(-c4cc5c(s4)-c4sccc4OC5(CCCCCCCCCCCCCCC)CCCCCCCCCCCCCCC)c4nsnc34)cc21. The van der Waals surface area contributed by atoms with Crippen molar-refractivity contribution in [2.45, 2.75) is 398 Å². The lowest BCUT2D eigenvalue weighted by Gasteiger charge is -2.38. The van der Waals surface area contributed by atoms with Crippen LogP contribution in [0.4, 0.5) is 8.78 Å². The van der Waals surface area contributed by atoms with Crippen molar-refractivity contribution in [3.05, 3.63) is 57.8 Å². The summed E-state index contributed by atoms with van der Waals surface area (Å²) in [6, 6.07) is 8.70. The highest BCUT2D eigenvalue weighted by Crippen LogP contribution is 2.60. The molecule has 0 aliphatic carbocycles. The molecule has 95 heavy (non-hydrogen) atoms. The molecule has 2 aliphatic heterocycles. The summed E-state index contributed by atoms with van der Waals surface area (Å²) >= 11 is 7.69. The van der Waals surface area contributed by atoms with E-state index in [1.165, 1.54) is 308 Å². The van der Waals surface area contributed by atoms with Crippen LogP contribution in [0.25, 0.3) is 51.4 Å². The average molecular weight is 1400 g/mol. The Kier molecular flexibility index (Phi) is 37.1. The lowest BCUT2D eigenvalue weighted by molar-refractivity contribution is 0.0395. The Bertz CT molecular complexity index is 2730. The minimum absolute atomic E-state index is 0.243. The van der Waals surface area contributed by atoms with Crippen LogP contribution < -0.4 is 9.47 Å². The van der Waals surface area contributed by atoms with Crippen LogP contribution in [0.3, 0.4) is 0 Å². The predicted octanol–water partition coefficient (Wildman–Crippen LogP) is 32.0. The van der Waals surface area contributed by atoms with Crippen molar-refractivity contribution in [1.29, 1.82) is 0 Å². The van der Waals surface area contributed by atoms with Crippen LogP contribution in [-0.2, 0) is 11.2 Å². The summed E-state index contributed by atoms with van der Waals surface area (Å²) in [5.41, 5.74) is 2.65. The van der Waals surface area contributed by atoms with Gasteiger partial charge in [0.25, 0.3) is 0 Å². The largest absolute Gasteiger partial charge is 0.481 e. The van der Waals surface area contributed by atoms with E-state index < -0.39 is 22.8 Å². The summed E-state index contributed by atoms with van der Waals surface area (Å²) in [6.07, 6.45) is 72.1. The fourth-order valence-electron chi connectivity index (χ4n) is 15.8. The highest BCUT2D eigenvalue weighted by Gasteiger charge is 2.45. The summed E-state index contributed by atoms with van der Waals surface area (Å²) in [5.74, 6) is 0.242. The molecular formula is C84H130F2N2O2S5. The zero-order chi connectivity index (χ0) is 66.4. The van der Waals surface area contributed by atoms with Crippen LogP contribution in [0.5, 0.6) is 11.5 Å². The third kappa shape index (κ3) is 24.2. The van der Waals surface area contributed by atoms with Crippen molar-refractivity contribution < 1.29 is 18.3 Å². The lowest BCUT2D eigenvalue weighted by atomic mass is 9.81. The minimum Gasteiger partial charge on any atom is -0.481 e. The highest BCUT2D eigenvalue weighted by molar-refractivity contribution is 7.24. The van der Waals surface area contributed by atoms with Gasteiger partial charge in [0.05, 0.1) is 42.4 Å². The molecule has 0 atom stereocenters. The maximum absolute atomic E-state index is 18.0. The van der Waals surface area contributed by atoms with Crippen LogP contribution in [0, 0.1) is 11.6 Å². The first-order chi connectivity index (χ1) is 46.9. The van der Waals surface area contributed by atoms with Crippen molar-refractivity contribution in [3.63, 3.8) is 0 Å². The van der Waals surface area contributed by atoms with Crippen LogP contribution in [0.15, 0.2) is 35.0 Å². The molecule has 0 radical (unpaired) electrons. The van der Waals surface area contributed by atoms with E-state index in [1.54, 1.807) is 45.3 Å². The molecule has 11 heteroatoms. The smallest absolute Gasteiger partial charge is 0.170 e. The van der Waals surface area contributed by atoms with Gasteiger partial charge in [-0.15, -0.1) is 45.3 Å². The second kappa shape index (κ2) is 45.2. The van der Waals surface area contributed by atoms with E-state index in [0.717, 1.165) is 115 Å². The number of hydrogen-bond donors (Lipinski definition) is 0. The molecular weight excluding hydrogens is 1270 g/mol. The van der Waals surface area contributed by atoms with Gasteiger partial charge in [-0.05, 0) is 86.4 Å². The number of aromatic nitrogens is 2. The molecule has 6 aromatic rings. The zero-order valence-electron chi connectivity index (χ0n) is 60.6. The van der Waals surface area contributed by atoms with E-state index in [4.69, 9.17) is 18.2 Å². The molecule has 0 spiro atoms. The number of thiophene rings is 4. The Morgan fingerprint density at radius 1 is 0.316 bits per heavy atom. The molecule has 0 saturated carbocycles. The standard InChI is InChI=1S/C84H130F2N2O2S5/c1-5-9-13-17-21-25-29-33-37-41-45-49-53-59-83(60-54-50-46-42-38-34-30-26-22-18-14-10-6-2)67-65-71(93-79(67)81-69(89-83)57-63-91-81)73-75(85)76(86)74(78-77(73)87-95-88-78)72-66-68-80(94-72)82-70(58-64-92-82)90-84(68,61-55-51-47-43-39-35-31-27-23-19-15-11-7-3)62-56-52-48-44-40-36-32-28-24-20-16-12-8-4/h57-58,63-66H,5-56,59-62H2,1-4H3. The Morgan fingerprint density at radius 2 is 0.547 bits per heavy atom. The Balaban J connectivity index is 1.00. The number of benzene rings is 1. The van der Waals surface area contributed by atoms with E-state index in [0.29, 0.717) is 11.0 Å². The van der Waals surface area contributed by atoms with Crippen molar-refractivity contribution in [2.75, 3.05) is 0 Å². The third-order valence-corrected chi connectivity index (χ3v) is 26.5. The van der Waals surface area contributed by atoms with Gasteiger partial charge < -0.3 is 9.47 Å². The summed E-state index contributed by atoms with van der Waals surface area (Å²) < 4.78 is 60.5. The molecule has 0 N–H and O–H groups in total. The Morgan fingerprint density at radius 3 is 0.789 bits per heavy atom. The number of fused-ring (bicyclic) bond motifs is 7. The van der Waals surface area contributed by atoms with Crippen molar-refractivity contribution in [1.82, 2.24) is 8.75 Å². The van der Waals surface area contributed by atoms with Crippen molar-refractivity contribution in [3.8, 4) is 51.9 Å². The summed E-state index contributed by atoms with van der Waals surface area (Å²) in [7, 11) is 0. The van der Waals surface area contributed by atoms with E-state index in [1.807, 2.05) is 0 Å². The summed E-state index contributed by atoms with van der Waals surface area (Å²) in [4.78, 5) is 5.96. The predicted molar refractivity (Wildman–Crippen MR) is 416 cm³/mol. The Labute approximate surface area is 598 Å². The third-order valence-electron chi connectivity index (χ3n) is 21.6. The van der Waals surface area contributed by atoms with Gasteiger partial charge in [-0.3, -0.25) is 0 Å². The van der Waals surface area contributed by atoms with Crippen LogP contribution in [-0.4, -0.2) is 8.75 Å². The molecule has 0 bridgehead atoms. The molecule has 2 aliphatic rings. The molecule has 7 heterocycles. The second-order valence-electron chi connectivity index (χ2n) is 29.4. The normalized spacial score (nSPS) is 13.7. The maximum atomic E-state index is 18.0. The molecule has 1 aromatic carbocycles. The first kappa shape index (κ1) is 78.0. The number of ether oxygens (including phenoxy) is 2. The van der Waals surface area contributed by atoms with Gasteiger partial charge in [-0.1, -0.05) is 336 Å². The molecule has 0 fully saturated rings. The molecule has 4 nitrogen and oxygen atoms in total. The average Bonchev–Trinajstić information content (AvgIpc) is 1.59. The monoisotopic (exact) mass is 1400 g/mol. The molecule has 0 amide bonds. The topological polar surface area (TPSA) is 44.2 Å². The van der Waals surface area contributed by atoms with Gasteiger partial charge in [0.15, 0.2) is 11.6 Å². The van der Waals surface area contributed by atoms with E-state index in [-0.39, 0.29) is 11.1 Å². The highest BCUT2D eigenvalue weighted by atomic mass is 32.1. The number of nitrogens with zero attached hydrogens (tertiary/aromatic N) is 2. The van der Waals surface area contributed by atoms with Gasteiger partial charge in [0.1, 0.15) is 33.7 Å². The van der Waals surface area contributed by atoms with Gasteiger partial charge in [0.2, 0.25) is 0 Å². The van der Waals surface area contributed by atoms with E-state index in [2.05, 4.69) is 62.7 Å². The fourth-order valence-corrected chi connectivity index (χ4v) is 20.9. The lowest BCUT2D eigenvalue weighted by Crippen LogP contribution is -2.35. The summed E-state index contributed by atoms with van der Waals surface area (Å²) in [6.45, 7) is 9.20. The summed E-state index contributed by atoms with van der Waals surface area (Å²) in [5, 5.41) is 4.30. The maximum Gasteiger partial charge on any atom is 0.170 e. The molecule has 0 unspecified atom stereocenters. The fraction of sp³-hybridized carbons (Fsp3) is 0.738. The first-order valence-electron chi connectivity index (χ1n) is 40.3. The van der Waals surface area contributed by atoms with E-state index >= 15 is 8.78 Å². The molecule has 5 aromatic heterocycles. The Hall–Kier alpha value is -2.70. The second-order valence-corrected chi connectivity index (χ2v) is 33.9. The number of rotatable bonds is 58. The van der Waals surface area contributed by atoms with Crippen molar-refractivity contribution in [2.24, 2.45) is 0 Å². The van der Waals surface area contributed by atoms with Crippen LogP contribution >= 0.6 is 57.1 Å². The van der Waals surface area contributed by atoms with E-state index in [9.17, 15) is 0 Å². The zero-order valence-corrected chi connectivity index (χ0v) is 64.7. The van der Waals surface area contributed by atoms with Crippen LogP contribution in [0.2, 0.25) is 0 Å². The van der Waals surface area contributed by atoms with Gasteiger partial charge in [-0.25, -0.2) is 8.78 Å². The molecule has 532 valence electrons. The van der Waals surface area contributed by atoms with Crippen molar-refractivity contribution >= 4 is 68.1 Å². The molecule has 0 saturated heterocycles. The van der Waals surface area contributed by atoms with Gasteiger partial charge in [-0.2, -0.15) is 8.75 Å². The van der Waals surface area contributed by atoms with Crippen LogP contribution in [0.1, 0.15) is 398 Å². The minimum atomic E-state index is -0.825. The first-order valence-corrected chi connectivity index (χ1v) is 44.5. The van der Waals surface area contributed by atoms with Gasteiger partial charge in [0, 0.05) is 20.9 Å².